The average Bonchev–Trinajstić information content (AvgIpc) is 3.05. The fourth-order valence-electron chi connectivity index (χ4n) is 2.45. The van der Waals surface area contributed by atoms with Gasteiger partial charge in [0.05, 0.1) is 0 Å². The molecule has 0 unspecified atom stereocenters. The predicted octanol–water partition coefficient (Wildman–Crippen LogP) is 5.11. The predicted molar refractivity (Wildman–Crippen MR) is 96.6 cm³/mol. The van der Waals surface area contributed by atoms with Crippen LogP contribution in [0.3, 0.4) is 0 Å². The monoisotopic (exact) mass is 335 g/mol. The van der Waals surface area contributed by atoms with E-state index in [1.54, 1.807) is 23.5 Å². The quantitative estimate of drug-likeness (QED) is 0.563. The van der Waals surface area contributed by atoms with Gasteiger partial charge in [0.1, 0.15) is 10.6 Å². The fraction of sp³-hybridized carbons (Fsp3) is 0.0526. The molecule has 0 fully saturated rings. The first-order valence-electron chi connectivity index (χ1n) is 7.58. The Kier molecular flexibility index (Phi) is 3.92. The third kappa shape index (κ3) is 3.12. The highest BCUT2D eigenvalue weighted by Gasteiger charge is 2.07. The van der Waals surface area contributed by atoms with Crippen molar-refractivity contribution in [1.29, 1.82) is 0 Å². The molecule has 2 aromatic carbocycles. The molecule has 0 spiro atoms. The van der Waals surface area contributed by atoms with Gasteiger partial charge in [0.15, 0.2) is 0 Å². The summed E-state index contributed by atoms with van der Waals surface area (Å²) >= 11 is 1.58. The molecule has 5 heteroatoms. The maximum absolute atomic E-state index is 13.1. The van der Waals surface area contributed by atoms with Crippen molar-refractivity contribution in [2.24, 2.45) is 0 Å². The van der Waals surface area contributed by atoms with Gasteiger partial charge in [-0.2, -0.15) is 0 Å². The van der Waals surface area contributed by atoms with Gasteiger partial charge in [-0.05, 0) is 29.3 Å². The molecule has 1 N–H and O–H groups in total. The number of hydrogen-bond acceptors (Lipinski definition) is 4. The number of benzene rings is 2. The number of aromatic nitrogens is 2. The summed E-state index contributed by atoms with van der Waals surface area (Å²) in [5.41, 5.74) is 2.16. The molecular formula is C19H14FN3S. The SMILES string of the molecule is Fc1ccc(-c2cc3cnc(NCc4ccccc4)nc3s2)cc1. The first-order chi connectivity index (χ1) is 11.8. The number of rotatable bonds is 4. The van der Waals surface area contributed by atoms with Crippen LogP contribution < -0.4 is 5.32 Å². The van der Waals surface area contributed by atoms with E-state index in [0.717, 1.165) is 20.7 Å². The lowest BCUT2D eigenvalue weighted by Crippen LogP contribution is -2.02. The number of nitrogens with one attached hydrogen (secondary N) is 1. The molecule has 2 aromatic heterocycles. The molecule has 0 saturated heterocycles. The van der Waals surface area contributed by atoms with E-state index < -0.39 is 0 Å². The maximum Gasteiger partial charge on any atom is 0.224 e. The van der Waals surface area contributed by atoms with Crippen molar-refractivity contribution in [1.82, 2.24) is 9.97 Å². The van der Waals surface area contributed by atoms with Gasteiger partial charge in [-0.25, -0.2) is 14.4 Å². The summed E-state index contributed by atoms with van der Waals surface area (Å²) in [6, 6.07) is 18.7. The lowest BCUT2D eigenvalue weighted by molar-refractivity contribution is 0.628. The number of anilines is 1. The Labute approximate surface area is 142 Å². The summed E-state index contributed by atoms with van der Waals surface area (Å²) in [6.45, 7) is 0.683. The maximum atomic E-state index is 13.1. The summed E-state index contributed by atoms with van der Waals surface area (Å²) < 4.78 is 13.1. The molecule has 3 nitrogen and oxygen atoms in total. The zero-order valence-corrected chi connectivity index (χ0v) is 13.6. The zero-order chi connectivity index (χ0) is 16.4. The minimum atomic E-state index is -0.230. The number of thiophene rings is 1. The van der Waals surface area contributed by atoms with E-state index in [9.17, 15) is 4.39 Å². The van der Waals surface area contributed by atoms with Crippen molar-refractivity contribution >= 4 is 27.5 Å². The molecule has 0 aliphatic heterocycles. The van der Waals surface area contributed by atoms with Crippen molar-refractivity contribution < 1.29 is 4.39 Å². The van der Waals surface area contributed by atoms with Crippen LogP contribution in [0.2, 0.25) is 0 Å². The van der Waals surface area contributed by atoms with Crippen LogP contribution in [0.4, 0.5) is 10.3 Å². The first kappa shape index (κ1) is 14.8. The molecule has 0 radical (unpaired) electrons. The highest BCUT2D eigenvalue weighted by Crippen LogP contribution is 2.32. The fourth-order valence-corrected chi connectivity index (χ4v) is 3.46. The van der Waals surface area contributed by atoms with Gasteiger partial charge in [-0.15, -0.1) is 11.3 Å². The van der Waals surface area contributed by atoms with Crippen molar-refractivity contribution in [3.63, 3.8) is 0 Å². The molecule has 0 amide bonds. The number of halogens is 1. The standard InChI is InChI=1S/C19H14FN3S/c20-16-8-6-14(7-9-16)17-10-15-12-22-19(23-18(15)24-17)21-11-13-4-2-1-3-5-13/h1-10,12H,11H2,(H,21,22,23). The second-order valence-corrected chi connectivity index (χ2v) is 6.44. The number of hydrogen-bond donors (Lipinski definition) is 1. The molecule has 0 bridgehead atoms. The van der Waals surface area contributed by atoms with E-state index in [2.05, 4.69) is 27.4 Å². The van der Waals surface area contributed by atoms with Crippen LogP contribution in [0.15, 0.2) is 66.9 Å². The number of fused-ring (bicyclic) bond motifs is 1. The highest BCUT2D eigenvalue weighted by molar-refractivity contribution is 7.21. The van der Waals surface area contributed by atoms with Crippen LogP contribution in [0.25, 0.3) is 20.7 Å². The Morgan fingerprint density at radius 1 is 1.00 bits per heavy atom. The molecule has 24 heavy (non-hydrogen) atoms. The molecule has 0 atom stereocenters. The van der Waals surface area contributed by atoms with E-state index in [1.807, 2.05) is 30.5 Å². The Morgan fingerprint density at radius 2 is 1.79 bits per heavy atom. The molecule has 0 aliphatic carbocycles. The van der Waals surface area contributed by atoms with Gasteiger partial charge in [-0.1, -0.05) is 42.5 Å². The summed E-state index contributed by atoms with van der Waals surface area (Å²) in [6.07, 6.45) is 1.82. The highest BCUT2D eigenvalue weighted by atomic mass is 32.1. The van der Waals surface area contributed by atoms with E-state index in [4.69, 9.17) is 0 Å². The second kappa shape index (κ2) is 6.37. The summed E-state index contributed by atoms with van der Waals surface area (Å²) in [5, 5.41) is 4.23. The summed E-state index contributed by atoms with van der Waals surface area (Å²) in [5.74, 6) is 0.380. The Hall–Kier alpha value is -2.79. The zero-order valence-electron chi connectivity index (χ0n) is 12.7. The van der Waals surface area contributed by atoms with E-state index >= 15 is 0 Å². The van der Waals surface area contributed by atoms with Crippen LogP contribution in [-0.4, -0.2) is 9.97 Å². The minimum Gasteiger partial charge on any atom is -0.350 e. The Morgan fingerprint density at radius 3 is 2.58 bits per heavy atom. The van der Waals surface area contributed by atoms with Crippen LogP contribution in [0, 0.1) is 5.82 Å². The van der Waals surface area contributed by atoms with Crippen molar-refractivity contribution in [3.8, 4) is 10.4 Å². The van der Waals surface area contributed by atoms with E-state index in [0.29, 0.717) is 12.5 Å². The average molecular weight is 335 g/mol. The molecule has 0 aliphatic rings. The third-order valence-electron chi connectivity index (χ3n) is 3.70. The van der Waals surface area contributed by atoms with Crippen LogP contribution in [0.5, 0.6) is 0 Å². The topological polar surface area (TPSA) is 37.8 Å². The van der Waals surface area contributed by atoms with Crippen molar-refractivity contribution in [2.45, 2.75) is 6.54 Å². The second-order valence-electron chi connectivity index (χ2n) is 5.41. The van der Waals surface area contributed by atoms with Crippen molar-refractivity contribution in [3.05, 3.63) is 78.2 Å². The van der Waals surface area contributed by atoms with Crippen LogP contribution in [0.1, 0.15) is 5.56 Å². The Bertz CT molecular complexity index is 965. The first-order valence-corrected chi connectivity index (χ1v) is 8.40. The van der Waals surface area contributed by atoms with Gasteiger partial charge < -0.3 is 5.32 Å². The van der Waals surface area contributed by atoms with Crippen LogP contribution in [-0.2, 0) is 6.54 Å². The normalized spacial score (nSPS) is 10.9. The van der Waals surface area contributed by atoms with E-state index in [-0.39, 0.29) is 5.82 Å². The minimum absolute atomic E-state index is 0.230. The molecular weight excluding hydrogens is 321 g/mol. The third-order valence-corrected chi connectivity index (χ3v) is 4.79. The lowest BCUT2D eigenvalue weighted by Gasteiger charge is -2.04. The van der Waals surface area contributed by atoms with Crippen molar-refractivity contribution in [2.75, 3.05) is 5.32 Å². The van der Waals surface area contributed by atoms with E-state index in [1.165, 1.54) is 17.7 Å². The molecule has 2 heterocycles. The molecule has 4 rings (SSSR count). The molecule has 4 aromatic rings. The molecule has 118 valence electrons. The van der Waals surface area contributed by atoms with Gasteiger partial charge in [0.25, 0.3) is 0 Å². The van der Waals surface area contributed by atoms with Gasteiger partial charge in [-0.3, -0.25) is 0 Å². The van der Waals surface area contributed by atoms with Gasteiger partial charge >= 0.3 is 0 Å². The molecule has 0 saturated carbocycles. The van der Waals surface area contributed by atoms with Crippen LogP contribution >= 0.6 is 11.3 Å². The lowest BCUT2D eigenvalue weighted by atomic mass is 10.2. The van der Waals surface area contributed by atoms with Gasteiger partial charge in [0.2, 0.25) is 5.95 Å². The summed E-state index contributed by atoms with van der Waals surface area (Å²) in [4.78, 5) is 10.9. The largest absolute Gasteiger partial charge is 0.350 e. The number of nitrogens with zero attached hydrogens (tertiary/aromatic N) is 2. The van der Waals surface area contributed by atoms with Gasteiger partial charge in [0, 0.05) is 23.0 Å². The summed E-state index contributed by atoms with van der Waals surface area (Å²) in [7, 11) is 0. The smallest absolute Gasteiger partial charge is 0.224 e. The Balaban J connectivity index is 1.58.